The van der Waals surface area contributed by atoms with Crippen molar-refractivity contribution in [2.45, 2.75) is 6.61 Å². The van der Waals surface area contributed by atoms with Crippen molar-refractivity contribution in [1.82, 2.24) is 0 Å². The van der Waals surface area contributed by atoms with E-state index in [1.807, 2.05) is 0 Å². The van der Waals surface area contributed by atoms with Gasteiger partial charge in [-0.05, 0) is 36.4 Å². The van der Waals surface area contributed by atoms with E-state index in [1.165, 1.54) is 30.3 Å². The van der Waals surface area contributed by atoms with Crippen LogP contribution in [0, 0.1) is 11.6 Å². The fourth-order valence-electron chi connectivity index (χ4n) is 2.82. The molecule has 1 heterocycles. The van der Waals surface area contributed by atoms with Crippen molar-refractivity contribution in [2.24, 2.45) is 0 Å². The highest BCUT2D eigenvalue weighted by molar-refractivity contribution is 6.31. The van der Waals surface area contributed by atoms with Gasteiger partial charge in [-0.15, -0.1) is 0 Å². The molecule has 3 nitrogen and oxygen atoms in total. The lowest BCUT2D eigenvalue weighted by Crippen LogP contribution is -1.99. The molecule has 0 atom stereocenters. The van der Waals surface area contributed by atoms with Crippen molar-refractivity contribution < 1.29 is 23.0 Å². The van der Waals surface area contributed by atoms with E-state index in [0.717, 1.165) is 0 Å². The predicted octanol–water partition coefficient (Wildman–Crippen LogP) is 5.81. The Bertz CT molecular complexity index is 1090. The summed E-state index contributed by atoms with van der Waals surface area (Å²) < 4.78 is 38.8. The molecule has 0 fully saturated rings. The summed E-state index contributed by atoms with van der Waals surface area (Å²) in [5.74, 6) is -0.553. The number of ketones is 1. The third-order valence-electron chi connectivity index (χ3n) is 4.28. The average Bonchev–Trinajstić information content (AvgIpc) is 2.98. The maximum Gasteiger partial charge on any atom is 0.231 e. The molecule has 0 saturated heterocycles. The highest BCUT2D eigenvalue weighted by Crippen LogP contribution is 2.35. The van der Waals surface area contributed by atoms with Crippen LogP contribution in [0.5, 0.6) is 11.5 Å². The molecule has 0 aromatic heterocycles. The van der Waals surface area contributed by atoms with Crippen LogP contribution in [0.1, 0.15) is 21.5 Å². The van der Waals surface area contributed by atoms with E-state index >= 15 is 0 Å². The Balaban J connectivity index is 1.55. The normalized spacial score (nSPS) is 14.1. The second-order valence-electron chi connectivity index (χ2n) is 6.11. The van der Waals surface area contributed by atoms with E-state index in [-0.39, 0.29) is 34.3 Å². The maximum atomic E-state index is 13.8. The first-order valence-electron chi connectivity index (χ1n) is 8.41. The zero-order valence-corrected chi connectivity index (χ0v) is 15.2. The van der Waals surface area contributed by atoms with Gasteiger partial charge in [0.15, 0.2) is 5.76 Å². The van der Waals surface area contributed by atoms with Crippen LogP contribution >= 0.6 is 11.6 Å². The number of hydrogen-bond donors (Lipinski definition) is 0. The van der Waals surface area contributed by atoms with Crippen LogP contribution in [0.25, 0.3) is 6.08 Å². The fourth-order valence-corrected chi connectivity index (χ4v) is 3.03. The van der Waals surface area contributed by atoms with Crippen LogP contribution in [0.15, 0.2) is 66.4 Å². The van der Waals surface area contributed by atoms with Gasteiger partial charge in [-0.3, -0.25) is 4.79 Å². The van der Waals surface area contributed by atoms with Gasteiger partial charge in [-0.25, -0.2) is 8.78 Å². The average molecular weight is 399 g/mol. The smallest absolute Gasteiger partial charge is 0.231 e. The van der Waals surface area contributed by atoms with E-state index in [0.29, 0.717) is 17.1 Å². The van der Waals surface area contributed by atoms with Gasteiger partial charge in [-0.1, -0.05) is 35.9 Å². The van der Waals surface area contributed by atoms with Crippen LogP contribution in [-0.2, 0) is 6.61 Å². The summed E-state index contributed by atoms with van der Waals surface area (Å²) in [5.41, 5.74) is 0.838. The van der Waals surface area contributed by atoms with E-state index < -0.39 is 11.6 Å². The highest BCUT2D eigenvalue weighted by atomic mass is 35.5. The summed E-state index contributed by atoms with van der Waals surface area (Å²) in [4.78, 5) is 12.5. The van der Waals surface area contributed by atoms with Gasteiger partial charge in [0.2, 0.25) is 5.78 Å². The number of benzene rings is 3. The van der Waals surface area contributed by atoms with Gasteiger partial charge in [0.25, 0.3) is 0 Å². The van der Waals surface area contributed by atoms with Crippen LogP contribution in [0.2, 0.25) is 5.02 Å². The molecule has 4 rings (SSSR count). The number of allylic oxidation sites excluding steroid dienone is 1. The standard InChI is InChI=1S/C22H13ClF2O3/c23-17-5-3-7-19(25)16(17)12-27-14-8-9-15-20(11-14)28-21(22(15)26)10-13-4-1-2-6-18(13)24/h1-11H,12H2. The number of hydrogen-bond acceptors (Lipinski definition) is 3. The zero-order chi connectivity index (χ0) is 19.7. The molecule has 6 heteroatoms. The van der Waals surface area contributed by atoms with Crippen molar-refractivity contribution in [3.63, 3.8) is 0 Å². The Kier molecular flexibility index (Phi) is 4.84. The van der Waals surface area contributed by atoms with Crippen molar-refractivity contribution >= 4 is 23.5 Å². The Hall–Kier alpha value is -3.18. The molecule has 0 unspecified atom stereocenters. The summed E-state index contributed by atoms with van der Waals surface area (Å²) in [7, 11) is 0. The number of halogens is 3. The lowest BCUT2D eigenvalue weighted by molar-refractivity contribution is 0.101. The zero-order valence-electron chi connectivity index (χ0n) is 14.4. The highest BCUT2D eigenvalue weighted by Gasteiger charge is 2.28. The largest absolute Gasteiger partial charge is 0.489 e. The quantitative estimate of drug-likeness (QED) is 0.520. The molecule has 0 aliphatic carbocycles. The third-order valence-corrected chi connectivity index (χ3v) is 4.63. The number of carbonyl (C=O) groups is 1. The first kappa shape index (κ1) is 18.2. The number of carbonyl (C=O) groups excluding carboxylic acids is 1. The lowest BCUT2D eigenvalue weighted by atomic mass is 10.1. The van der Waals surface area contributed by atoms with Crippen molar-refractivity contribution in [3.05, 3.63) is 99.8 Å². The van der Waals surface area contributed by atoms with E-state index in [1.54, 1.807) is 36.4 Å². The molecule has 0 N–H and O–H groups in total. The van der Waals surface area contributed by atoms with Gasteiger partial charge in [0.1, 0.15) is 29.7 Å². The van der Waals surface area contributed by atoms with Crippen LogP contribution in [-0.4, -0.2) is 5.78 Å². The fraction of sp³-hybridized carbons (Fsp3) is 0.0455. The van der Waals surface area contributed by atoms with Crippen molar-refractivity contribution in [2.75, 3.05) is 0 Å². The molecule has 0 amide bonds. The number of fused-ring (bicyclic) bond motifs is 1. The Morgan fingerprint density at radius 1 is 1.00 bits per heavy atom. The molecule has 1 aliphatic rings. The second-order valence-corrected chi connectivity index (χ2v) is 6.52. The maximum absolute atomic E-state index is 13.8. The molecule has 1 aliphatic heterocycles. The summed E-state index contributed by atoms with van der Waals surface area (Å²) in [6, 6.07) is 15.1. The summed E-state index contributed by atoms with van der Waals surface area (Å²) in [5, 5.41) is 0.266. The second kappa shape index (κ2) is 7.44. The van der Waals surface area contributed by atoms with E-state index in [9.17, 15) is 13.6 Å². The minimum atomic E-state index is -0.463. The summed E-state index contributed by atoms with van der Waals surface area (Å²) in [6.07, 6.45) is 1.36. The molecule has 3 aromatic carbocycles. The van der Waals surface area contributed by atoms with Gasteiger partial charge in [0, 0.05) is 17.2 Å². The minimum Gasteiger partial charge on any atom is -0.489 e. The Morgan fingerprint density at radius 2 is 1.79 bits per heavy atom. The van der Waals surface area contributed by atoms with Crippen LogP contribution in [0.4, 0.5) is 8.78 Å². The molecule has 0 saturated carbocycles. The van der Waals surface area contributed by atoms with E-state index in [4.69, 9.17) is 21.1 Å². The number of ether oxygens (including phenoxy) is 2. The first-order chi connectivity index (χ1) is 13.5. The van der Waals surface area contributed by atoms with Gasteiger partial charge >= 0.3 is 0 Å². The lowest BCUT2D eigenvalue weighted by Gasteiger charge is -2.09. The number of rotatable bonds is 4. The Morgan fingerprint density at radius 3 is 2.57 bits per heavy atom. The molecule has 140 valence electrons. The van der Waals surface area contributed by atoms with Crippen molar-refractivity contribution in [3.8, 4) is 11.5 Å². The van der Waals surface area contributed by atoms with Gasteiger partial charge in [0.05, 0.1) is 10.6 Å². The molecular formula is C22H13ClF2O3. The predicted molar refractivity (Wildman–Crippen MR) is 102 cm³/mol. The topological polar surface area (TPSA) is 35.5 Å². The summed E-state index contributed by atoms with van der Waals surface area (Å²) >= 11 is 5.99. The van der Waals surface area contributed by atoms with Crippen molar-refractivity contribution in [1.29, 1.82) is 0 Å². The first-order valence-corrected chi connectivity index (χ1v) is 8.79. The van der Waals surface area contributed by atoms with Crippen LogP contribution < -0.4 is 9.47 Å². The minimum absolute atomic E-state index is 0.0226. The van der Waals surface area contributed by atoms with Crippen LogP contribution in [0.3, 0.4) is 0 Å². The number of Topliss-reactive ketones (excluding diaryl/α,β-unsaturated/α-hetero) is 1. The monoisotopic (exact) mass is 398 g/mol. The molecular weight excluding hydrogens is 386 g/mol. The molecule has 0 radical (unpaired) electrons. The summed E-state index contributed by atoms with van der Waals surface area (Å²) in [6.45, 7) is -0.0733. The SMILES string of the molecule is O=C1C(=Cc2ccccc2F)Oc2cc(OCc3c(F)cccc3Cl)ccc21. The van der Waals surface area contributed by atoms with E-state index in [2.05, 4.69) is 0 Å². The molecule has 28 heavy (non-hydrogen) atoms. The third kappa shape index (κ3) is 3.49. The molecule has 0 bridgehead atoms. The molecule has 3 aromatic rings. The van der Waals surface area contributed by atoms with Gasteiger partial charge in [-0.2, -0.15) is 0 Å². The molecule has 0 spiro atoms. The Labute approximate surface area is 164 Å². The van der Waals surface area contributed by atoms with Gasteiger partial charge < -0.3 is 9.47 Å².